The molecule has 0 saturated carbocycles. The van der Waals surface area contributed by atoms with E-state index in [-0.39, 0.29) is 42.3 Å². The second-order valence-corrected chi connectivity index (χ2v) is 9.53. The molecule has 1 aliphatic rings. The van der Waals surface area contributed by atoms with Crippen molar-refractivity contribution in [3.63, 3.8) is 0 Å². The number of benzene rings is 1. The van der Waals surface area contributed by atoms with Gasteiger partial charge in [0.05, 0.1) is 48.4 Å². The van der Waals surface area contributed by atoms with Crippen molar-refractivity contribution in [2.24, 2.45) is 0 Å². The normalized spacial score (nSPS) is 15.2. The van der Waals surface area contributed by atoms with E-state index < -0.39 is 0 Å². The highest BCUT2D eigenvalue weighted by atomic mass is 32.2. The van der Waals surface area contributed by atoms with E-state index in [9.17, 15) is 14.4 Å². The summed E-state index contributed by atoms with van der Waals surface area (Å²) in [5.41, 5.74) is 0.444. The summed E-state index contributed by atoms with van der Waals surface area (Å²) in [6.07, 6.45) is 5.05. The molecule has 2 amide bonds. The molecule has 3 aromatic heterocycles. The number of hydrogen-bond acceptors (Lipinski definition) is 8. The summed E-state index contributed by atoms with van der Waals surface area (Å²) in [5.74, 6) is 0.797. The van der Waals surface area contributed by atoms with E-state index in [2.05, 4.69) is 15.6 Å². The minimum absolute atomic E-state index is 0.0437. The number of rotatable bonds is 10. The number of carbonyl (C=O) groups is 2. The Balaban J connectivity index is 1.37. The van der Waals surface area contributed by atoms with Crippen molar-refractivity contribution in [3.8, 4) is 0 Å². The lowest BCUT2D eigenvalue weighted by Gasteiger charge is -2.14. The van der Waals surface area contributed by atoms with Crippen molar-refractivity contribution < 1.29 is 23.2 Å². The number of carbonyl (C=O) groups excluding carboxylic acids is 2. The largest absolute Gasteiger partial charge is 0.467 e. The third kappa shape index (κ3) is 6.12. The van der Waals surface area contributed by atoms with Gasteiger partial charge in [-0.05, 0) is 55.3 Å². The van der Waals surface area contributed by atoms with Gasteiger partial charge >= 0.3 is 0 Å². The van der Waals surface area contributed by atoms with Gasteiger partial charge < -0.3 is 24.2 Å². The molecule has 10 nitrogen and oxygen atoms in total. The smallest absolute Gasteiger partial charge is 0.262 e. The Morgan fingerprint density at radius 3 is 2.62 bits per heavy atom. The molecule has 1 atom stereocenters. The highest BCUT2D eigenvalue weighted by Crippen LogP contribution is 2.20. The molecule has 0 spiro atoms. The topological polar surface area (TPSA) is 129 Å². The standard InChI is InChI=1S/C26H26N4O6S/c31-23(27-13-18-4-1-9-34-18)16-37-26-29-22-12-17(24(32)28-14-19-5-2-10-35-19)7-8-21(22)25(33)30(26)15-20-6-3-11-36-20/h2-3,5-8,10-12,18H,1,4,9,13-16H2,(H,27,31)(H,28,32). The number of nitrogens with zero attached hydrogens (tertiary/aromatic N) is 2. The molecule has 1 saturated heterocycles. The minimum Gasteiger partial charge on any atom is -0.467 e. The van der Waals surface area contributed by atoms with Crippen molar-refractivity contribution in [2.75, 3.05) is 18.9 Å². The number of ether oxygens (including phenoxy) is 1. The highest BCUT2D eigenvalue weighted by Gasteiger charge is 2.19. The Hall–Kier alpha value is -3.83. The van der Waals surface area contributed by atoms with E-state index in [0.29, 0.717) is 39.7 Å². The lowest BCUT2D eigenvalue weighted by atomic mass is 10.1. The minimum atomic E-state index is -0.317. The van der Waals surface area contributed by atoms with Crippen LogP contribution in [-0.2, 0) is 22.6 Å². The van der Waals surface area contributed by atoms with Crippen molar-refractivity contribution in [3.05, 3.63) is 82.4 Å². The monoisotopic (exact) mass is 522 g/mol. The van der Waals surface area contributed by atoms with Crippen LogP contribution >= 0.6 is 11.8 Å². The molecule has 0 radical (unpaired) electrons. The van der Waals surface area contributed by atoms with Gasteiger partial charge in [0.2, 0.25) is 5.91 Å². The van der Waals surface area contributed by atoms with Crippen LogP contribution in [0.3, 0.4) is 0 Å². The molecule has 37 heavy (non-hydrogen) atoms. The second-order valence-electron chi connectivity index (χ2n) is 8.59. The maximum absolute atomic E-state index is 13.4. The first-order chi connectivity index (χ1) is 18.1. The quantitative estimate of drug-likeness (QED) is 0.240. The molecule has 4 aromatic rings. The van der Waals surface area contributed by atoms with E-state index >= 15 is 0 Å². The molecule has 2 N–H and O–H groups in total. The summed E-state index contributed by atoms with van der Waals surface area (Å²) in [7, 11) is 0. The summed E-state index contributed by atoms with van der Waals surface area (Å²) < 4.78 is 17.7. The first-order valence-electron chi connectivity index (χ1n) is 12.0. The van der Waals surface area contributed by atoms with Crippen LogP contribution in [0.5, 0.6) is 0 Å². The van der Waals surface area contributed by atoms with Crippen LogP contribution in [0.1, 0.15) is 34.7 Å². The third-order valence-electron chi connectivity index (χ3n) is 5.96. The van der Waals surface area contributed by atoms with Gasteiger partial charge in [-0.3, -0.25) is 19.0 Å². The predicted molar refractivity (Wildman–Crippen MR) is 136 cm³/mol. The number of hydrogen-bond donors (Lipinski definition) is 2. The lowest BCUT2D eigenvalue weighted by Crippen LogP contribution is -2.33. The molecular weight excluding hydrogens is 496 g/mol. The fourth-order valence-electron chi connectivity index (χ4n) is 4.05. The molecule has 1 unspecified atom stereocenters. The Morgan fingerprint density at radius 1 is 1.08 bits per heavy atom. The Bertz CT molecular complexity index is 1430. The molecule has 1 aromatic carbocycles. The van der Waals surface area contributed by atoms with E-state index in [1.807, 2.05) is 0 Å². The average molecular weight is 523 g/mol. The van der Waals surface area contributed by atoms with Crippen LogP contribution in [0.4, 0.5) is 0 Å². The van der Waals surface area contributed by atoms with Gasteiger partial charge in [-0.1, -0.05) is 11.8 Å². The van der Waals surface area contributed by atoms with Gasteiger partial charge in [0.25, 0.3) is 11.5 Å². The van der Waals surface area contributed by atoms with Gasteiger partial charge in [-0.25, -0.2) is 4.98 Å². The van der Waals surface area contributed by atoms with Crippen molar-refractivity contribution in [2.45, 2.75) is 37.2 Å². The second kappa shape index (κ2) is 11.5. The predicted octanol–water partition coefficient (Wildman–Crippen LogP) is 2.95. The van der Waals surface area contributed by atoms with Gasteiger partial charge in [-0.15, -0.1) is 0 Å². The molecule has 192 valence electrons. The van der Waals surface area contributed by atoms with Gasteiger partial charge in [-0.2, -0.15) is 0 Å². The van der Waals surface area contributed by atoms with Crippen molar-refractivity contribution >= 4 is 34.5 Å². The Labute approximate surface area is 216 Å². The number of fused-ring (bicyclic) bond motifs is 1. The summed E-state index contributed by atoms with van der Waals surface area (Å²) in [5, 5.41) is 6.39. The molecular formula is C26H26N4O6S. The zero-order valence-corrected chi connectivity index (χ0v) is 20.8. The molecule has 1 fully saturated rings. The van der Waals surface area contributed by atoms with Gasteiger partial charge in [0.15, 0.2) is 5.16 Å². The third-order valence-corrected chi connectivity index (χ3v) is 6.94. The van der Waals surface area contributed by atoms with Crippen LogP contribution in [0.25, 0.3) is 10.9 Å². The fraction of sp³-hybridized carbons (Fsp3) is 0.308. The van der Waals surface area contributed by atoms with Crippen LogP contribution in [0.2, 0.25) is 0 Å². The molecule has 0 bridgehead atoms. The number of amides is 2. The molecule has 0 aliphatic carbocycles. The lowest BCUT2D eigenvalue weighted by molar-refractivity contribution is -0.119. The molecule has 4 heterocycles. The summed E-state index contributed by atoms with van der Waals surface area (Å²) in [6, 6.07) is 11.8. The van der Waals surface area contributed by atoms with E-state index in [4.69, 9.17) is 13.6 Å². The van der Waals surface area contributed by atoms with Crippen LogP contribution < -0.4 is 16.2 Å². The maximum atomic E-state index is 13.4. The Kier molecular flexibility index (Phi) is 7.71. The number of aromatic nitrogens is 2. The first-order valence-corrected chi connectivity index (χ1v) is 12.9. The van der Waals surface area contributed by atoms with Crippen molar-refractivity contribution in [1.82, 2.24) is 20.2 Å². The molecule has 11 heteroatoms. The van der Waals surface area contributed by atoms with Gasteiger partial charge in [0, 0.05) is 18.7 Å². The number of furan rings is 2. The summed E-state index contributed by atoms with van der Waals surface area (Å²) in [6.45, 7) is 1.59. The highest BCUT2D eigenvalue weighted by molar-refractivity contribution is 7.99. The number of thioether (sulfide) groups is 1. The summed E-state index contributed by atoms with van der Waals surface area (Å²) >= 11 is 1.16. The zero-order chi connectivity index (χ0) is 25.6. The Morgan fingerprint density at radius 2 is 1.89 bits per heavy atom. The van der Waals surface area contributed by atoms with E-state index in [1.54, 1.807) is 42.5 Å². The van der Waals surface area contributed by atoms with E-state index in [1.165, 1.54) is 17.1 Å². The van der Waals surface area contributed by atoms with Crippen LogP contribution in [0, 0.1) is 0 Å². The molecule has 1 aliphatic heterocycles. The average Bonchev–Trinajstić information content (AvgIpc) is 3.70. The first kappa shape index (κ1) is 24.8. The van der Waals surface area contributed by atoms with Crippen molar-refractivity contribution in [1.29, 1.82) is 0 Å². The SMILES string of the molecule is O=C(CSc1nc2cc(C(=O)NCc3ccco3)ccc2c(=O)n1Cc1ccco1)NCC1CCCO1. The summed E-state index contributed by atoms with van der Waals surface area (Å²) in [4.78, 5) is 43.2. The zero-order valence-electron chi connectivity index (χ0n) is 20.0. The van der Waals surface area contributed by atoms with Gasteiger partial charge in [0.1, 0.15) is 11.5 Å². The number of nitrogens with one attached hydrogen (secondary N) is 2. The van der Waals surface area contributed by atoms with Crippen LogP contribution in [-0.4, -0.2) is 46.4 Å². The van der Waals surface area contributed by atoms with E-state index in [0.717, 1.165) is 31.2 Å². The van der Waals surface area contributed by atoms with Crippen LogP contribution in [0.15, 0.2) is 73.8 Å². The molecule has 5 rings (SSSR count). The fourth-order valence-corrected chi connectivity index (χ4v) is 4.88. The maximum Gasteiger partial charge on any atom is 0.262 e.